The van der Waals surface area contributed by atoms with Gasteiger partial charge in [0.15, 0.2) is 5.17 Å². The van der Waals surface area contributed by atoms with Gasteiger partial charge in [-0.15, -0.1) is 0 Å². The molecule has 19 heavy (non-hydrogen) atoms. The van der Waals surface area contributed by atoms with Crippen molar-refractivity contribution in [2.24, 2.45) is 10.4 Å². The van der Waals surface area contributed by atoms with E-state index in [-0.39, 0.29) is 0 Å². The SMILES string of the molecule is c1ccc(CCNC2=NCC3(CCCC3)CS2)nc1. The highest BCUT2D eigenvalue weighted by Gasteiger charge is 2.36. The summed E-state index contributed by atoms with van der Waals surface area (Å²) in [5.74, 6) is 1.25. The maximum Gasteiger partial charge on any atom is 0.156 e. The summed E-state index contributed by atoms with van der Waals surface area (Å²) >= 11 is 1.91. The third-order valence-corrected chi connectivity index (χ3v) is 5.42. The van der Waals surface area contributed by atoms with Crippen molar-refractivity contribution in [3.8, 4) is 0 Å². The fraction of sp³-hybridized carbons (Fsp3) is 0.600. The first-order chi connectivity index (χ1) is 9.36. The van der Waals surface area contributed by atoms with Gasteiger partial charge >= 0.3 is 0 Å². The van der Waals surface area contributed by atoms with E-state index in [1.165, 1.54) is 31.4 Å². The lowest BCUT2D eigenvalue weighted by atomic mass is 9.89. The Morgan fingerprint density at radius 2 is 2.16 bits per heavy atom. The zero-order valence-corrected chi connectivity index (χ0v) is 12.1. The van der Waals surface area contributed by atoms with Crippen molar-refractivity contribution in [3.05, 3.63) is 30.1 Å². The summed E-state index contributed by atoms with van der Waals surface area (Å²) in [4.78, 5) is 9.08. The second-order valence-corrected chi connectivity index (χ2v) is 6.58. The molecule has 2 heterocycles. The molecule has 1 aliphatic heterocycles. The van der Waals surface area contributed by atoms with Crippen molar-refractivity contribution < 1.29 is 0 Å². The molecule has 0 saturated heterocycles. The highest BCUT2D eigenvalue weighted by Crippen LogP contribution is 2.43. The van der Waals surface area contributed by atoms with E-state index < -0.39 is 0 Å². The van der Waals surface area contributed by atoms with Crippen molar-refractivity contribution in [3.63, 3.8) is 0 Å². The van der Waals surface area contributed by atoms with E-state index in [4.69, 9.17) is 4.99 Å². The van der Waals surface area contributed by atoms with Crippen LogP contribution in [-0.4, -0.2) is 29.0 Å². The van der Waals surface area contributed by atoms with Crippen molar-refractivity contribution in [1.29, 1.82) is 0 Å². The van der Waals surface area contributed by atoms with Crippen LogP contribution in [0.5, 0.6) is 0 Å². The van der Waals surface area contributed by atoms with Crippen LogP contribution < -0.4 is 5.32 Å². The van der Waals surface area contributed by atoms with E-state index in [0.29, 0.717) is 5.41 Å². The van der Waals surface area contributed by atoms with Gasteiger partial charge in [0.1, 0.15) is 0 Å². The van der Waals surface area contributed by atoms with Crippen LogP contribution in [0.25, 0.3) is 0 Å². The van der Waals surface area contributed by atoms with E-state index in [0.717, 1.165) is 30.4 Å². The van der Waals surface area contributed by atoms with Gasteiger partial charge in [-0.3, -0.25) is 9.98 Å². The van der Waals surface area contributed by atoms with E-state index in [1.54, 1.807) is 0 Å². The second kappa shape index (κ2) is 5.95. The molecule has 1 aromatic heterocycles. The minimum atomic E-state index is 0.539. The number of amidine groups is 1. The van der Waals surface area contributed by atoms with E-state index in [1.807, 2.05) is 30.1 Å². The van der Waals surface area contributed by atoms with Gasteiger partial charge in [-0.05, 0) is 30.4 Å². The van der Waals surface area contributed by atoms with Crippen LogP contribution in [-0.2, 0) is 6.42 Å². The average molecular weight is 275 g/mol. The normalized spacial score (nSPS) is 21.4. The molecule has 102 valence electrons. The molecule has 1 saturated carbocycles. The molecule has 0 atom stereocenters. The standard InChI is InChI=1S/C15H21N3S/c1-4-9-16-13(5-1)6-10-17-14-18-11-15(12-19-14)7-2-3-8-15/h1,4-5,9H,2-3,6-8,10-12H2,(H,17,18). The summed E-state index contributed by atoms with van der Waals surface area (Å²) in [5, 5.41) is 4.58. The third-order valence-electron chi connectivity index (χ3n) is 4.12. The fourth-order valence-electron chi connectivity index (χ4n) is 2.93. The Labute approximate surface area is 119 Å². The quantitative estimate of drug-likeness (QED) is 0.921. The van der Waals surface area contributed by atoms with Crippen molar-refractivity contribution >= 4 is 16.9 Å². The molecule has 0 aromatic carbocycles. The summed E-state index contributed by atoms with van der Waals surface area (Å²) < 4.78 is 0. The first-order valence-corrected chi connectivity index (χ1v) is 8.16. The number of aliphatic imine (C=N–C) groups is 1. The molecule has 2 aliphatic rings. The van der Waals surface area contributed by atoms with Gasteiger partial charge in [0.2, 0.25) is 0 Å². The van der Waals surface area contributed by atoms with Crippen molar-refractivity contribution in [2.45, 2.75) is 32.1 Å². The Balaban J connectivity index is 1.45. The van der Waals surface area contributed by atoms with Gasteiger partial charge in [0.25, 0.3) is 0 Å². The largest absolute Gasteiger partial charge is 0.365 e. The Hall–Kier alpha value is -1.03. The zero-order valence-electron chi connectivity index (χ0n) is 11.3. The Morgan fingerprint density at radius 1 is 1.26 bits per heavy atom. The highest BCUT2D eigenvalue weighted by molar-refractivity contribution is 8.13. The third kappa shape index (κ3) is 3.30. The predicted octanol–water partition coefficient (Wildman–Crippen LogP) is 2.88. The Bertz CT molecular complexity index is 438. The Kier molecular flexibility index (Phi) is 4.06. The topological polar surface area (TPSA) is 37.3 Å². The molecular formula is C15H21N3S. The van der Waals surface area contributed by atoms with Crippen molar-refractivity contribution in [2.75, 3.05) is 18.8 Å². The number of aromatic nitrogens is 1. The number of nitrogens with zero attached hydrogens (tertiary/aromatic N) is 2. The van der Waals surface area contributed by atoms with Crippen LogP contribution in [0.3, 0.4) is 0 Å². The van der Waals surface area contributed by atoms with Crippen LogP contribution in [0.1, 0.15) is 31.4 Å². The van der Waals surface area contributed by atoms with Gasteiger partial charge in [0, 0.05) is 37.2 Å². The molecule has 4 heteroatoms. The molecule has 0 unspecified atom stereocenters. The maximum absolute atomic E-state index is 4.74. The lowest BCUT2D eigenvalue weighted by Gasteiger charge is -2.31. The number of hydrogen-bond acceptors (Lipinski definition) is 4. The van der Waals surface area contributed by atoms with E-state index >= 15 is 0 Å². The molecule has 1 spiro atoms. The van der Waals surface area contributed by atoms with Crippen LogP contribution in [0, 0.1) is 5.41 Å². The number of pyridine rings is 1. The molecule has 1 aliphatic carbocycles. The van der Waals surface area contributed by atoms with Crippen LogP contribution in [0.2, 0.25) is 0 Å². The van der Waals surface area contributed by atoms with Gasteiger partial charge in [-0.1, -0.05) is 30.7 Å². The zero-order chi connectivity index (χ0) is 13.0. The summed E-state index contributed by atoms with van der Waals surface area (Å²) in [6, 6.07) is 6.07. The summed E-state index contributed by atoms with van der Waals surface area (Å²) in [6.07, 6.45) is 8.38. The molecule has 3 nitrogen and oxygen atoms in total. The highest BCUT2D eigenvalue weighted by atomic mass is 32.2. The monoisotopic (exact) mass is 275 g/mol. The number of nitrogens with one attached hydrogen (secondary N) is 1. The molecule has 0 amide bonds. The molecule has 1 aromatic rings. The maximum atomic E-state index is 4.74. The molecule has 3 rings (SSSR count). The molecule has 0 radical (unpaired) electrons. The summed E-state index contributed by atoms with van der Waals surface area (Å²) in [7, 11) is 0. The fourth-order valence-corrected chi connectivity index (χ4v) is 4.11. The van der Waals surface area contributed by atoms with Gasteiger partial charge in [-0.25, -0.2) is 0 Å². The number of thioether (sulfide) groups is 1. The van der Waals surface area contributed by atoms with Gasteiger partial charge in [0.05, 0.1) is 0 Å². The first-order valence-electron chi connectivity index (χ1n) is 7.17. The van der Waals surface area contributed by atoms with Gasteiger partial charge < -0.3 is 5.32 Å². The van der Waals surface area contributed by atoms with Crippen molar-refractivity contribution in [1.82, 2.24) is 10.3 Å². The van der Waals surface area contributed by atoms with Gasteiger partial charge in [-0.2, -0.15) is 0 Å². The van der Waals surface area contributed by atoms with Crippen LogP contribution in [0.15, 0.2) is 29.4 Å². The molecule has 1 N–H and O–H groups in total. The van der Waals surface area contributed by atoms with Crippen LogP contribution in [0.4, 0.5) is 0 Å². The summed E-state index contributed by atoms with van der Waals surface area (Å²) in [6.45, 7) is 1.96. The molecular weight excluding hydrogens is 254 g/mol. The molecule has 1 fully saturated rings. The number of hydrogen-bond donors (Lipinski definition) is 1. The minimum Gasteiger partial charge on any atom is -0.365 e. The van der Waals surface area contributed by atoms with E-state index in [2.05, 4.69) is 16.4 Å². The summed E-state index contributed by atoms with van der Waals surface area (Å²) in [5.41, 5.74) is 1.68. The number of rotatable bonds is 3. The lowest BCUT2D eigenvalue weighted by molar-refractivity contribution is 0.358. The molecule has 0 bridgehead atoms. The Morgan fingerprint density at radius 3 is 2.84 bits per heavy atom. The second-order valence-electron chi connectivity index (χ2n) is 5.62. The van der Waals surface area contributed by atoms with Crippen LogP contribution >= 0.6 is 11.8 Å². The first kappa shape index (κ1) is 13.0. The average Bonchev–Trinajstić information content (AvgIpc) is 2.91. The lowest BCUT2D eigenvalue weighted by Crippen LogP contribution is -2.34. The minimum absolute atomic E-state index is 0.539. The van der Waals surface area contributed by atoms with E-state index in [9.17, 15) is 0 Å². The smallest absolute Gasteiger partial charge is 0.156 e. The predicted molar refractivity (Wildman–Crippen MR) is 81.6 cm³/mol.